The number of pyridine rings is 1. The predicted octanol–water partition coefficient (Wildman–Crippen LogP) is 0.464. The molecule has 0 spiro atoms. The molecule has 3 heterocycles. The number of aromatic nitrogens is 3. The molecule has 2 N–H and O–H groups in total. The van der Waals surface area contributed by atoms with Gasteiger partial charge in [0, 0.05) is 32.0 Å². The highest BCUT2D eigenvalue weighted by atomic mass is 16.5. The summed E-state index contributed by atoms with van der Waals surface area (Å²) in [5.41, 5.74) is 6.93. The lowest BCUT2D eigenvalue weighted by Crippen LogP contribution is -2.40. The Bertz CT molecular complexity index is 539. The molecule has 0 aromatic carbocycles. The smallest absolute Gasteiger partial charge is 0.259 e. The third-order valence-electron chi connectivity index (χ3n) is 3.24. The number of hydrogen-bond donors (Lipinski definition) is 1. The van der Waals surface area contributed by atoms with Gasteiger partial charge in [-0.25, -0.2) is 0 Å². The molecule has 1 aliphatic heterocycles. The van der Waals surface area contributed by atoms with E-state index in [0.717, 1.165) is 31.9 Å². The quantitative estimate of drug-likeness (QED) is 0.867. The molecule has 7 heteroatoms. The molecule has 106 valence electrons. The lowest BCUT2D eigenvalue weighted by molar-refractivity contribution is 0.0348. The molecule has 0 radical (unpaired) electrons. The molecule has 0 bridgehead atoms. The van der Waals surface area contributed by atoms with E-state index in [2.05, 4.69) is 20.0 Å². The first-order chi connectivity index (χ1) is 9.83. The highest BCUT2D eigenvalue weighted by Gasteiger charge is 2.19. The van der Waals surface area contributed by atoms with Gasteiger partial charge < -0.3 is 15.0 Å². The van der Waals surface area contributed by atoms with E-state index in [0.29, 0.717) is 18.3 Å². The van der Waals surface area contributed by atoms with Crippen molar-refractivity contribution >= 4 is 0 Å². The number of nitrogens with zero attached hydrogens (tertiary/aromatic N) is 4. The topological polar surface area (TPSA) is 90.3 Å². The second-order valence-corrected chi connectivity index (χ2v) is 4.72. The molecule has 3 rings (SSSR count). The van der Waals surface area contributed by atoms with Gasteiger partial charge in [0.15, 0.2) is 5.82 Å². The highest BCUT2D eigenvalue weighted by molar-refractivity contribution is 5.50. The lowest BCUT2D eigenvalue weighted by Gasteiger charge is -2.27. The minimum atomic E-state index is -0.262. The monoisotopic (exact) mass is 275 g/mol. The van der Waals surface area contributed by atoms with Gasteiger partial charge in [-0.1, -0.05) is 5.16 Å². The Morgan fingerprint density at radius 2 is 2.20 bits per heavy atom. The number of hydrogen-bond acceptors (Lipinski definition) is 7. The Morgan fingerprint density at radius 3 is 2.95 bits per heavy atom. The van der Waals surface area contributed by atoms with Crippen molar-refractivity contribution in [2.24, 2.45) is 5.73 Å². The standard InChI is InChI=1S/C13H17N5O2/c14-11(9-18-4-6-19-7-5-18)12-16-13(20-17-12)10-2-1-3-15-8-10/h1-3,8,11H,4-7,9,14H2. The van der Waals surface area contributed by atoms with Gasteiger partial charge in [0.1, 0.15) is 0 Å². The number of rotatable bonds is 4. The third kappa shape index (κ3) is 3.01. The lowest BCUT2D eigenvalue weighted by atomic mass is 10.2. The van der Waals surface area contributed by atoms with Crippen LogP contribution >= 0.6 is 0 Å². The predicted molar refractivity (Wildman–Crippen MR) is 71.7 cm³/mol. The summed E-state index contributed by atoms with van der Waals surface area (Å²) in [4.78, 5) is 10.6. The van der Waals surface area contributed by atoms with Crippen LogP contribution in [0.25, 0.3) is 11.5 Å². The first-order valence-corrected chi connectivity index (χ1v) is 6.62. The third-order valence-corrected chi connectivity index (χ3v) is 3.24. The second-order valence-electron chi connectivity index (χ2n) is 4.72. The fourth-order valence-electron chi connectivity index (χ4n) is 2.14. The Hall–Kier alpha value is -1.83. The van der Waals surface area contributed by atoms with Gasteiger partial charge in [0.2, 0.25) is 0 Å². The van der Waals surface area contributed by atoms with Crippen LogP contribution in [0.5, 0.6) is 0 Å². The van der Waals surface area contributed by atoms with Crippen molar-refractivity contribution in [2.45, 2.75) is 6.04 Å². The maximum Gasteiger partial charge on any atom is 0.259 e. The van der Waals surface area contributed by atoms with E-state index in [4.69, 9.17) is 15.0 Å². The maximum absolute atomic E-state index is 6.13. The van der Waals surface area contributed by atoms with Crippen molar-refractivity contribution < 1.29 is 9.26 Å². The van der Waals surface area contributed by atoms with E-state index in [1.54, 1.807) is 12.4 Å². The molecule has 1 aliphatic rings. The summed E-state index contributed by atoms with van der Waals surface area (Å²) < 4.78 is 10.5. The SMILES string of the molecule is NC(CN1CCOCC1)c1noc(-c2cccnc2)n1. The van der Waals surface area contributed by atoms with Gasteiger partial charge in [-0.05, 0) is 12.1 Å². The zero-order valence-electron chi connectivity index (χ0n) is 11.1. The second kappa shape index (κ2) is 6.08. The van der Waals surface area contributed by atoms with Crippen LogP contribution in [0.3, 0.4) is 0 Å². The molecule has 1 fully saturated rings. The Kier molecular flexibility index (Phi) is 4.00. The molecule has 1 unspecified atom stereocenters. The first-order valence-electron chi connectivity index (χ1n) is 6.62. The number of ether oxygens (including phenoxy) is 1. The normalized spacial score (nSPS) is 18.1. The maximum atomic E-state index is 6.13. The Balaban J connectivity index is 1.66. The summed E-state index contributed by atoms with van der Waals surface area (Å²) in [7, 11) is 0. The van der Waals surface area contributed by atoms with E-state index in [-0.39, 0.29) is 6.04 Å². The van der Waals surface area contributed by atoms with Crippen LogP contribution < -0.4 is 5.73 Å². The fourth-order valence-corrected chi connectivity index (χ4v) is 2.14. The van der Waals surface area contributed by atoms with Crippen LogP contribution in [0.15, 0.2) is 29.0 Å². The molecule has 2 aromatic rings. The van der Waals surface area contributed by atoms with E-state index in [1.807, 2.05) is 12.1 Å². The molecular weight excluding hydrogens is 258 g/mol. The van der Waals surface area contributed by atoms with Crippen molar-refractivity contribution in [1.82, 2.24) is 20.0 Å². The van der Waals surface area contributed by atoms with Gasteiger partial charge in [-0.3, -0.25) is 9.88 Å². The van der Waals surface area contributed by atoms with Crippen LogP contribution in [-0.4, -0.2) is 52.9 Å². The summed E-state index contributed by atoms with van der Waals surface area (Å²) in [5.74, 6) is 0.973. The number of nitrogens with two attached hydrogens (primary N) is 1. The van der Waals surface area contributed by atoms with Gasteiger partial charge >= 0.3 is 0 Å². The zero-order valence-corrected chi connectivity index (χ0v) is 11.1. The molecule has 7 nitrogen and oxygen atoms in total. The average molecular weight is 275 g/mol. The fraction of sp³-hybridized carbons (Fsp3) is 0.462. The summed E-state index contributed by atoms with van der Waals surface area (Å²) in [5, 5.41) is 3.96. The van der Waals surface area contributed by atoms with Gasteiger partial charge in [-0.2, -0.15) is 4.98 Å². The Labute approximate surface area is 116 Å². The van der Waals surface area contributed by atoms with E-state index in [9.17, 15) is 0 Å². The molecule has 0 amide bonds. The zero-order chi connectivity index (χ0) is 13.8. The molecule has 20 heavy (non-hydrogen) atoms. The van der Waals surface area contributed by atoms with Gasteiger partial charge in [0.25, 0.3) is 5.89 Å². The largest absolute Gasteiger partial charge is 0.379 e. The number of morpholine rings is 1. The molecule has 1 saturated heterocycles. The summed E-state index contributed by atoms with van der Waals surface area (Å²) in [6.07, 6.45) is 3.38. The van der Waals surface area contributed by atoms with Gasteiger partial charge in [-0.15, -0.1) is 0 Å². The van der Waals surface area contributed by atoms with Crippen LogP contribution in [-0.2, 0) is 4.74 Å². The van der Waals surface area contributed by atoms with Gasteiger partial charge in [0.05, 0.1) is 24.8 Å². The van der Waals surface area contributed by atoms with E-state index >= 15 is 0 Å². The molecule has 0 saturated carbocycles. The summed E-state index contributed by atoms with van der Waals surface area (Å²) in [6, 6.07) is 3.44. The van der Waals surface area contributed by atoms with Crippen LogP contribution in [0, 0.1) is 0 Å². The molecular formula is C13H17N5O2. The minimum Gasteiger partial charge on any atom is -0.379 e. The van der Waals surface area contributed by atoms with Crippen molar-refractivity contribution in [3.63, 3.8) is 0 Å². The molecule has 0 aliphatic carbocycles. The molecule has 1 atom stereocenters. The van der Waals surface area contributed by atoms with E-state index in [1.165, 1.54) is 0 Å². The van der Waals surface area contributed by atoms with E-state index < -0.39 is 0 Å². The van der Waals surface area contributed by atoms with Crippen molar-refractivity contribution in [3.05, 3.63) is 30.4 Å². The minimum absolute atomic E-state index is 0.262. The van der Waals surface area contributed by atoms with Crippen molar-refractivity contribution in [2.75, 3.05) is 32.8 Å². The Morgan fingerprint density at radius 1 is 1.35 bits per heavy atom. The van der Waals surface area contributed by atoms with Crippen molar-refractivity contribution in [3.8, 4) is 11.5 Å². The highest BCUT2D eigenvalue weighted by Crippen LogP contribution is 2.17. The van der Waals surface area contributed by atoms with Crippen LogP contribution in [0.4, 0.5) is 0 Å². The van der Waals surface area contributed by atoms with Crippen LogP contribution in [0.1, 0.15) is 11.9 Å². The first kappa shape index (κ1) is 13.2. The average Bonchev–Trinajstić information content (AvgIpc) is 2.99. The van der Waals surface area contributed by atoms with Crippen molar-refractivity contribution in [1.29, 1.82) is 0 Å². The van der Waals surface area contributed by atoms with Crippen LogP contribution in [0.2, 0.25) is 0 Å². The summed E-state index contributed by atoms with van der Waals surface area (Å²) >= 11 is 0. The summed E-state index contributed by atoms with van der Waals surface area (Å²) in [6.45, 7) is 3.98. The molecule has 2 aromatic heterocycles.